The van der Waals surface area contributed by atoms with Crippen molar-refractivity contribution in [3.63, 3.8) is 0 Å². The monoisotopic (exact) mass is 437 g/mol. The molecule has 0 aliphatic carbocycles. The fourth-order valence-electron chi connectivity index (χ4n) is 2.08. The molecule has 0 aliphatic heterocycles. The number of rotatable bonds is 7. The van der Waals surface area contributed by atoms with Crippen LogP contribution in [0, 0.1) is 0 Å². The number of aromatic nitrogens is 1. The van der Waals surface area contributed by atoms with Gasteiger partial charge in [-0.2, -0.15) is 13.2 Å². The SMILES string of the molecule is CCNC(=NCC(C)(C)NC(=O)OC(C)(C)C)NCCc1nc(C(F)(F)F)cs1. The summed E-state index contributed by atoms with van der Waals surface area (Å²) in [6.45, 7) is 12.1. The smallest absolute Gasteiger partial charge is 0.434 e. The average molecular weight is 438 g/mol. The maximum atomic E-state index is 12.6. The highest BCUT2D eigenvalue weighted by Crippen LogP contribution is 2.29. The average Bonchev–Trinajstić information content (AvgIpc) is 2.99. The molecule has 1 aromatic heterocycles. The highest BCUT2D eigenvalue weighted by atomic mass is 32.1. The standard InChI is InChI=1S/C18H30F3N5O2S/c1-7-22-14(23-9-8-13-25-12(10-29-13)18(19,20)21)24-11-17(5,6)26-15(27)28-16(2,3)4/h10H,7-9,11H2,1-6H3,(H,26,27)(H2,22,23,24). The lowest BCUT2D eigenvalue weighted by Crippen LogP contribution is -2.49. The molecule has 1 aromatic rings. The van der Waals surface area contributed by atoms with Gasteiger partial charge in [0.05, 0.1) is 17.1 Å². The highest BCUT2D eigenvalue weighted by molar-refractivity contribution is 7.09. The van der Waals surface area contributed by atoms with Gasteiger partial charge in [0.25, 0.3) is 0 Å². The van der Waals surface area contributed by atoms with Gasteiger partial charge in [-0.1, -0.05) is 0 Å². The molecule has 1 heterocycles. The molecule has 0 atom stereocenters. The number of alkyl carbamates (subject to hydrolysis) is 1. The molecule has 0 spiro atoms. The predicted molar refractivity (Wildman–Crippen MR) is 108 cm³/mol. The van der Waals surface area contributed by atoms with E-state index in [9.17, 15) is 18.0 Å². The van der Waals surface area contributed by atoms with Gasteiger partial charge in [-0.15, -0.1) is 11.3 Å². The molecule has 29 heavy (non-hydrogen) atoms. The summed E-state index contributed by atoms with van der Waals surface area (Å²) in [6.07, 6.45) is -4.62. The van der Waals surface area contributed by atoms with E-state index in [1.54, 1.807) is 20.8 Å². The molecule has 0 saturated carbocycles. The molecule has 0 aromatic carbocycles. The van der Waals surface area contributed by atoms with Crippen molar-refractivity contribution in [3.8, 4) is 0 Å². The number of carbonyl (C=O) groups excluding carboxylic acids is 1. The summed E-state index contributed by atoms with van der Waals surface area (Å²) in [4.78, 5) is 20.0. The van der Waals surface area contributed by atoms with Crippen molar-refractivity contribution in [3.05, 3.63) is 16.1 Å². The number of hydrogen-bond acceptors (Lipinski definition) is 5. The number of hydrogen-bond donors (Lipinski definition) is 3. The molecule has 0 radical (unpaired) electrons. The third-order valence-corrected chi connectivity index (χ3v) is 4.20. The van der Waals surface area contributed by atoms with Crippen LogP contribution in [-0.2, 0) is 17.3 Å². The first-order valence-electron chi connectivity index (χ1n) is 9.27. The van der Waals surface area contributed by atoms with Crippen molar-refractivity contribution in [1.82, 2.24) is 20.9 Å². The molecule has 166 valence electrons. The predicted octanol–water partition coefficient (Wildman–Crippen LogP) is 3.56. The van der Waals surface area contributed by atoms with Crippen LogP contribution in [0.25, 0.3) is 0 Å². The summed E-state index contributed by atoms with van der Waals surface area (Å²) in [7, 11) is 0. The Morgan fingerprint density at radius 3 is 2.38 bits per heavy atom. The van der Waals surface area contributed by atoms with Crippen LogP contribution >= 0.6 is 11.3 Å². The van der Waals surface area contributed by atoms with Crippen LogP contribution in [-0.4, -0.2) is 47.8 Å². The Kier molecular flexibility index (Phi) is 8.73. The number of aliphatic imine (C=N–C) groups is 1. The summed E-state index contributed by atoms with van der Waals surface area (Å²) in [5.41, 5.74) is -2.11. The van der Waals surface area contributed by atoms with Gasteiger partial charge in [0.2, 0.25) is 0 Å². The Morgan fingerprint density at radius 2 is 1.86 bits per heavy atom. The molecule has 3 N–H and O–H groups in total. The fourth-order valence-corrected chi connectivity index (χ4v) is 2.89. The van der Waals surface area contributed by atoms with E-state index in [2.05, 4.69) is 25.9 Å². The molecule has 0 saturated heterocycles. The third-order valence-electron chi connectivity index (χ3n) is 3.29. The van der Waals surface area contributed by atoms with Gasteiger partial charge in [-0.05, 0) is 41.5 Å². The number of ether oxygens (including phenoxy) is 1. The zero-order valence-electron chi connectivity index (χ0n) is 17.7. The molecule has 0 aliphatic rings. The molecular weight excluding hydrogens is 407 g/mol. The van der Waals surface area contributed by atoms with Crippen molar-refractivity contribution in [1.29, 1.82) is 0 Å². The summed E-state index contributed by atoms with van der Waals surface area (Å²) in [6, 6.07) is 0. The topological polar surface area (TPSA) is 87.6 Å². The van der Waals surface area contributed by atoms with Crippen LogP contribution in [0.5, 0.6) is 0 Å². The molecule has 0 fully saturated rings. The van der Waals surface area contributed by atoms with Crippen LogP contribution in [0.4, 0.5) is 18.0 Å². The number of alkyl halides is 3. The van der Waals surface area contributed by atoms with Crippen LogP contribution in [0.1, 0.15) is 52.2 Å². The number of thiazole rings is 1. The van der Waals surface area contributed by atoms with Crippen LogP contribution in [0.2, 0.25) is 0 Å². The number of carbonyl (C=O) groups is 1. The van der Waals surface area contributed by atoms with Gasteiger partial charge < -0.3 is 20.7 Å². The van der Waals surface area contributed by atoms with E-state index in [1.165, 1.54) is 0 Å². The first-order chi connectivity index (χ1) is 13.2. The molecule has 0 bridgehead atoms. The largest absolute Gasteiger partial charge is 0.444 e. The maximum absolute atomic E-state index is 12.6. The lowest BCUT2D eigenvalue weighted by Gasteiger charge is -2.27. The second-order valence-corrected chi connectivity index (χ2v) is 8.95. The summed E-state index contributed by atoms with van der Waals surface area (Å²) < 4.78 is 43.1. The Hall–Kier alpha value is -2.04. The van der Waals surface area contributed by atoms with Gasteiger partial charge in [0.15, 0.2) is 11.7 Å². The molecule has 0 unspecified atom stereocenters. The minimum Gasteiger partial charge on any atom is -0.444 e. The van der Waals surface area contributed by atoms with Crippen LogP contribution in [0.3, 0.4) is 0 Å². The highest BCUT2D eigenvalue weighted by Gasteiger charge is 2.33. The lowest BCUT2D eigenvalue weighted by atomic mass is 10.1. The summed E-state index contributed by atoms with van der Waals surface area (Å²) in [5, 5.41) is 10.3. The quantitative estimate of drug-likeness (QED) is 0.448. The van der Waals surface area contributed by atoms with Gasteiger partial charge in [-0.3, -0.25) is 4.99 Å². The maximum Gasteiger partial charge on any atom is 0.434 e. The van der Waals surface area contributed by atoms with Crippen molar-refractivity contribution in [2.75, 3.05) is 19.6 Å². The number of nitrogens with zero attached hydrogens (tertiary/aromatic N) is 2. The Labute approximate surface area is 173 Å². The van der Waals surface area contributed by atoms with E-state index in [1.807, 2.05) is 20.8 Å². The van der Waals surface area contributed by atoms with Crippen molar-refractivity contribution in [2.45, 2.75) is 65.3 Å². The van der Waals surface area contributed by atoms with E-state index >= 15 is 0 Å². The Bertz CT molecular complexity index is 696. The van der Waals surface area contributed by atoms with Crippen LogP contribution in [0.15, 0.2) is 10.4 Å². The third kappa shape index (κ3) is 10.3. The minimum atomic E-state index is -4.43. The van der Waals surface area contributed by atoms with E-state index in [4.69, 9.17) is 4.74 Å². The first-order valence-corrected chi connectivity index (χ1v) is 10.1. The van der Waals surface area contributed by atoms with Gasteiger partial charge in [0.1, 0.15) is 5.60 Å². The zero-order valence-corrected chi connectivity index (χ0v) is 18.5. The molecule has 1 rings (SSSR count). The van der Waals surface area contributed by atoms with E-state index in [0.717, 1.165) is 16.7 Å². The van der Waals surface area contributed by atoms with Gasteiger partial charge >= 0.3 is 12.3 Å². The molecular formula is C18H30F3N5O2S. The molecule has 11 heteroatoms. The first kappa shape index (κ1) is 25.0. The number of halogens is 3. The zero-order chi connectivity index (χ0) is 22.3. The van der Waals surface area contributed by atoms with Crippen molar-refractivity contribution in [2.24, 2.45) is 4.99 Å². The van der Waals surface area contributed by atoms with Crippen molar-refractivity contribution < 1.29 is 22.7 Å². The second-order valence-electron chi connectivity index (χ2n) is 8.01. The number of guanidine groups is 1. The number of amides is 1. The molecule has 7 nitrogen and oxygen atoms in total. The Morgan fingerprint density at radius 1 is 1.21 bits per heavy atom. The fraction of sp³-hybridized carbons (Fsp3) is 0.722. The second kappa shape index (κ2) is 10.1. The minimum absolute atomic E-state index is 0.275. The summed E-state index contributed by atoms with van der Waals surface area (Å²) >= 11 is 0.977. The van der Waals surface area contributed by atoms with E-state index < -0.39 is 29.1 Å². The number of nitrogens with one attached hydrogen (secondary N) is 3. The van der Waals surface area contributed by atoms with Crippen LogP contribution < -0.4 is 16.0 Å². The van der Waals surface area contributed by atoms with E-state index in [0.29, 0.717) is 30.5 Å². The van der Waals surface area contributed by atoms with Gasteiger partial charge in [-0.25, -0.2) is 9.78 Å². The van der Waals surface area contributed by atoms with Crippen molar-refractivity contribution >= 4 is 23.4 Å². The Balaban J connectivity index is 2.59. The molecule has 1 amide bonds. The van der Waals surface area contributed by atoms with Gasteiger partial charge in [0, 0.05) is 24.9 Å². The van der Waals surface area contributed by atoms with E-state index in [-0.39, 0.29) is 6.54 Å². The lowest BCUT2D eigenvalue weighted by molar-refractivity contribution is -0.140. The summed E-state index contributed by atoms with van der Waals surface area (Å²) in [5.74, 6) is 0.499. The normalized spacial score (nSPS) is 13.2.